The molecule has 0 spiro atoms. The van der Waals surface area contributed by atoms with Crippen molar-refractivity contribution in [2.75, 3.05) is 0 Å². The molecule has 2 unspecified atom stereocenters. The van der Waals surface area contributed by atoms with Crippen LogP contribution in [0, 0.1) is 19.8 Å². The molecule has 0 bridgehead atoms. The molecule has 2 atom stereocenters. The second-order valence-corrected chi connectivity index (χ2v) is 5.52. The molecule has 0 heterocycles. The summed E-state index contributed by atoms with van der Waals surface area (Å²) in [7, 11) is 0. The molecule has 0 radical (unpaired) electrons. The zero-order valence-electron chi connectivity index (χ0n) is 11.9. The van der Waals surface area contributed by atoms with Gasteiger partial charge >= 0.3 is 0 Å². The fourth-order valence-electron chi connectivity index (χ4n) is 2.92. The minimum Gasteiger partial charge on any atom is -0.409 e. The van der Waals surface area contributed by atoms with E-state index < -0.39 is 0 Å². The van der Waals surface area contributed by atoms with Gasteiger partial charge in [-0.25, -0.2) is 0 Å². The first-order chi connectivity index (χ1) is 9.51. The van der Waals surface area contributed by atoms with Crippen LogP contribution in [0.3, 0.4) is 0 Å². The van der Waals surface area contributed by atoms with E-state index in [9.17, 15) is 4.79 Å². The van der Waals surface area contributed by atoms with E-state index in [0.29, 0.717) is 5.56 Å². The van der Waals surface area contributed by atoms with Gasteiger partial charge < -0.3 is 16.3 Å². The Hall–Kier alpha value is -2.04. The van der Waals surface area contributed by atoms with Crippen LogP contribution in [0.25, 0.3) is 0 Å². The van der Waals surface area contributed by atoms with Crippen LogP contribution in [0.5, 0.6) is 0 Å². The number of hydrogen-bond acceptors (Lipinski definition) is 3. The van der Waals surface area contributed by atoms with Gasteiger partial charge in [-0.2, -0.15) is 0 Å². The monoisotopic (exact) mass is 275 g/mol. The van der Waals surface area contributed by atoms with Crippen molar-refractivity contribution < 1.29 is 10.0 Å². The molecule has 0 aliphatic heterocycles. The number of carbonyl (C=O) groups is 1. The molecule has 2 rings (SSSR count). The summed E-state index contributed by atoms with van der Waals surface area (Å²) in [6.07, 6.45) is 2.67. The fraction of sp³-hybridized carbons (Fsp3) is 0.467. The largest absolute Gasteiger partial charge is 0.409 e. The Kier molecular flexibility index (Phi) is 4.27. The maximum absolute atomic E-state index is 12.3. The Morgan fingerprint density at radius 3 is 2.55 bits per heavy atom. The average molecular weight is 275 g/mol. The van der Waals surface area contributed by atoms with E-state index in [1.165, 1.54) is 0 Å². The maximum atomic E-state index is 12.3. The van der Waals surface area contributed by atoms with E-state index in [1.807, 2.05) is 32.0 Å². The molecule has 1 aliphatic rings. The van der Waals surface area contributed by atoms with E-state index >= 15 is 0 Å². The molecule has 1 amide bonds. The highest BCUT2D eigenvalue weighted by molar-refractivity contribution is 5.95. The predicted molar refractivity (Wildman–Crippen MR) is 77.9 cm³/mol. The summed E-state index contributed by atoms with van der Waals surface area (Å²) in [6.45, 7) is 3.94. The summed E-state index contributed by atoms with van der Waals surface area (Å²) in [5.41, 5.74) is 8.47. The summed E-state index contributed by atoms with van der Waals surface area (Å²) in [4.78, 5) is 12.3. The molecule has 1 aromatic rings. The lowest BCUT2D eigenvalue weighted by Gasteiger charge is -2.20. The van der Waals surface area contributed by atoms with Crippen molar-refractivity contribution in [1.82, 2.24) is 5.32 Å². The van der Waals surface area contributed by atoms with Gasteiger partial charge in [0.05, 0.1) is 0 Å². The summed E-state index contributed by atoms with van der Waals surface area (Å²) < 4.78 is 0. The molecule has 1 fully saturated rings. The Labute approximate surface area is 118 Å². The van der Waals surface area contributed by atoms with E-state index in [2.05, 4.69) is 10.5 Å². The van der Waals surface area contributed by atoms with Crippen molar-refractivity contribution in [3.63, 3.8) is 0 Å². The topological polar surface area (TPSA) is 87.7 Å². The van der Waals surface area contributed by atoms with E-state index in [-0.39, 0.29) is 23.7 Å². The summed E-state index contributed by atoms with van der Waals surface area (Å²) >= 11 is 0. The van der Waals surface area contributed by atoms with Crippen LogP contribution in [0.15, 0.2) is 23.4 Å². The summed E-state index contributed by atoms with van der Waals surface area (Å²) in [6, 6.07) is 5.72. The molecule has 1 saturated carbocycles. The first kappa shape index (κ1) is 14.4. The number of aryl methyl sites for hydroxylation is 2. The normalized spacial score (nSPS) is 22.8. The van der Waals surface area contributed by atoms with Gasteiger partial charge in [0.2, 0.25) is 0 Å². The number of benzene rings is 1. The molecular formula is C15H21N3O2. The maximum Gasteiger partial charge on any atom is 0.251 e. The molecular weight excluding hydrogens is 254 g/mol. The van der Waals surface area contributed by atoms with Gasteiger partial charge in [-0.05, 0) is 38.8 Å². The second-order valence-electron chi connectivity index (χ2n) is 5.52. The summed E-state index contributed by atoms with van der Waals surface area (Å²) in [5, 5.41) is 14.9. The van der Waals surface area contributed by atoms with Crippen LogP contribution in [0.4, 0.5) is 0 Å². The SMILES string of the molecule is Cc1cc(C)cc(C(=O)NC2CCCC2C(N)=NO)c1. The first-order valence-corrected chi connectivity index (χ1v) is 6.88. The van der Waals surface area contributed by atoms with Crippen LogP contribution < -0.4 is 11.1 Å². The third kappa shape index (κ3) is 3.10. The minimum atomic E-state index is -0.0977. The molecule has 1 aromatic carbocycles. The number of amides is 1. The van der Waals surface area contributed by atoms with Gasteiger partial charge in [0.1, 0.15) is 5.84 Å². The lowest BCUT2D eigenvalue weighted by molar-refractivity contribution is 0.0933. The highest BCUT2D eigenvalue weighted by Crippen LogP contribution is 2.26. The van der Waals surface area contributed by atoms with Crippen LogP contribution in [-0.4, -0.2) is 23.0 Å². The molecule has 0 saturated heterocycles. The molecule has 5 heteroatoms. The Bertz CT molecular complexity index is 520. The first-order valence-electron chi connectivity index (χ1n) is 6.88. The van der Waals surface area contributed by atoms with E-state index in [4.69, 9.17) is 10.9 Å². The van der Waals surface area contributed by atoms with Crippen molar-refractivity contribution in [3.8, 4) is 0 Å². The van der Waals surface area contributed by atoms with Crippen LogP contribution in [0.2, 0.25) is 0 Å². The minimum absolute atomic E-state index is 0.0563. The van der Waals surface area contributed by atoms with Crippen LogP contribution in [-0.2, 0) is 0 Å². The average Bonchev–Trinajstić information content (AvgIpc) is 2.84. The molecule has 1 aliphatic carbocycles. The quantitative estimate of drug-likeness (QED) is 0.341. The summed E-state index contributed by atoms with van der Waals surface area (Å²) in [5.74, 6) is 0.0301. The number of oxime groups is 1. The third-order valence-electron chi connectivity index (χ3n) is 3.81. The van der Waals surface area contributed by atoms with Crippen LogP contribution >= 0.6 is 0 Å². The van der Waals surface area contributed by atoms with Gasteiger partial charge in [0.25, 0.3) is 5.91 Å². The van der Waals surface area contributed by atoms with Gasteiger partial charge in [-0.3, -0.25) is 4.79 Å². The van der Waals surface area contributed by atoms with Crippen molar-refractivity contribution in [2.45, 2.75) is 39.2 Å². The lowest BCUT2D eigenvalue weighted by Crippen LogP contribution is -2.42. The zero-order chi connectivity index (χ0) is 14.7. The molecule has 4 N–H and O–H groups in total. The molecule has 5 nitrogen and oxygen atoms in total. The highest BCUT2D eigenvalue weighted by Gasteiger charge is 2.31. The fourth-order valence-corrected chi connectivity index (χ4v) is 2.92. The van der Waals surface area contributed by atoms with Gasteiger partial charge in [-0.15, -0.1) is 0 Å². The smallest absolute Gasteiger partial charge is 0.251 e. The highest BCUT2D eigenvalue weighted by atomic mass is 16.4. The number of nitrogens with zero attached hydrogens (tertiary/aromatic N) is 1. The molecule has 108 valence electrons. The molecule has 20 heavy (non-hydrogen) atoms. The van der Waals surface area contributed by atoms with Crippen LogP contribution in [0.1, 0.15) is 40.7 Å². The lowest BCUT2D eigenvalue weighted by atomic mass is 10.0. The van der Waals surface area contributed by atoms with Crippen molar-refractivity contribution in [2.24, 2.45) is 16.8 Å². The van der Waals surface area contributed by atoms with Crippen molar-refractivity contribution >= 4 is 11.7 Å². The number of hydrogen-bond donors (Lipinski definition) is 3. The van der Waals surface area contributed by atoms with Crippen molar-refractivity contribution in [3.05, 3.63) is 34.9 Å². The third-order valence-corrected chi connectivity index (χ3v) is 3.81. The second kappa shape index (κ2) is 5.94. The Morgan fingerprint density at radius 1 is 1.30 bits per heavy atom. The van der Waals surface area contributed by atoms with E-state index in [0.717, 1.165) is 30.4 Å². The Morgan fingerprint density at radius 2 is 1.95 bits per heavy atom. The number of nitrogens with one attached hydrogen (secondary N) is 1. The standard InChI is InChI=1S/C15H21N3O2/c1-9-6-10(2)8-11(7-9)15(19)17-13-5-3-4-12(13)14(16)18-20/h6-8,12-13,20H,3-5H2,1-2H3,(H2,16,18)(H,17,19). The van der Waals surface area contributed by atoms with Gasteiger partial charge in [-0.1, -0.05) is 28.8 Å². The van der Waals surface area contributed by atoms with E-state index in [1.54, 1.807) is 0 Å². The zero-order valence-corrected chi connectivity index (χ0v) is 11.9. The van der Waals surface area contributed by atoms with Gasteiger partial charge in [0, 0.05) is 17.5 Å². The number of rotatable bonds is 3. The van der Waals surface area contributed by atoms with Gasteiger partial charge in [0.15, 0.2) is 0 Å². The number of carbonyl (C=O) groups excluding carboxylic acids is 1. The molecule has 0 aromatic heterocycles. The number of amidine groups is 1. The Balaban J connectivity index is 2.11. The van der Waals surface area contributed by atoms with Crippen molar-refractivity contribution in [1.29, 1.82) is 0 Å². The number of nitrogens with two attached hydrogens (primary N) is 1. The predicted octanol–water partition coefficient (Wildman–Crippen LogP) is 1.95.